The first-order valence-electron chi connectivity index (χ1n) is 20.1. The van der Waals surface area contributed by atoms with Gasteiger partial charge in [0.05, 0.1) is 5.69 Å². The van der Waals surface area contributed by atoms with Crippen molar-refractivity contribution in [3.8, 4) is 33.4 Å². The molecule has 0 unspecified atom stereocenters. The Morgan fingerprint density at radius 2 is 0.780 bits per heavy atom. The predicted molar refractivity (Wildman–Crippen MR) is 251 cm³/mol. The number of fused-ring (bicyclic) bond motifs is 3. The fourth-order valence-electron chi connectivity index (χ4n) is 8.59. The third-order valence-corrected chi connectivity index (χ3v) is 12.6. The highest BCUT2D eigenvalue weighted by molar-refractivity contribution is 7.99. The molecule has 11 rings (SSSR count). The second-order valence-electron chi connectivity index (χ2n) is 15.0. The molecule has 0 spiro atoms. The van der Waals surface area contributed by atoms with Crippen LogP contribution in [0.1, 0.15) is 0 Å². The molecule has 1 heterocycles. The summed E-state index contributed by atoms with van der Waals surface area (Å²) in [5, 5.41) is 5.08. The summed E-state index contributed by atoms with van der Waals surface area (Å²) >= 11 is 1.87. The minimum Gasteiger partial charge on any atom is -0.310 e. The zero-order valence-corrected chi connectivity index (χ0v) is 33.1. The number of hydrogen-bond acceptors (Lipinski definition) is 3. The highest BCUT2D eigenvalue weighted by atomic mass is 32.2. The molecule has 1 aliphatic rings. The molecule has 0 fully saturated rings. The van der Waals surface area contributed by atoms with E-state index in [9.17, 15) is 0 Å². The van der Waals surface area contributed by atoms with Crippen LogP contribution in [0.5, 0.6) is 0 Å². The van der Waals surface area contributed by atoms with Crippen molar-refractivity contribution >= 4 is 67.4 Å². The maximum absolute atomic E-state index is 2.38. The van der Waals surface area contributed by atoms with Crippen LogP contribution in [0.3, 0.4) is 0 Å². The standard InChI is InChI=1S/C56H38N2S/c1-3-12-39(13-4-1)40-24-30-46(31-25-40)57(49-36-37-51-52-21-9-16-44-17-11-23-54(56(44)52)59-55(51)38-49)47-32-26-41(27-33-47)42-28-34-48(35-29-42)58(45-18-5-2-6-19-45)53-22-10-15-43-14-7-8-20-50(43)53/h1-38H. The lowest BCUT2D eigenvalue weighted by molar-refractivity contribution is 1.26. The highest BCUT2D eigenvalue weighted by Gasteiger charge is 2.22. The second-order valence-corrected chi connectivity index (χ2v) is 16.0. The first-order valence-corrected chi connectivity index (χ1v) is 20.9. The van der Waals surface area contributed by atoms with Crippen molar-refractivity contribution < 1.29 is 0 Å². The maximum Gasteiger partial charge on any atom is 0.0540 e. The zero-order chi connectivity index (χ0) is 39.1. The van der Waals surface area contributed by atoms with Crippen LogP contribution < -0.4 is 9.80 Å². The summed E-state index contributed by atoms with van der Waals surface area (Å²) in [6.45, 7) is 0. The molecule has 3 heteroatoms. The van der Waals surface area contributed by atoms with Crippen molar-refractivity contribution in [3.05, 3.63) is 231 Å². The van der Waals surface area contributed by atoms with Gasteiger partial charge in [0.15, 0.2) is 0 Å². The smallest absolute Gasteiger partial charge is 0.0540 e. The topological polar surface area (TPSA) is 6.48 Å². The van der Waals surface area contributed by atoms with Gasteiger partial charge in [-0.05, 0) is 117 Å². The third kappa shape index (κ3) is 6.43. The molecule has 1 aliphatic heterocycles. The quantitative estimate of drug-likeness (QED) is 0.152. The molecule has 59 heavy (non-hydrogen) atoms. The van der Waals surface area contributed by atoms with Crippen molar-refractivity contribution in [2.24, 2.45) is 0 Å². The van der Waals surface area contributed by atoms with Gasteiger partial charge in [0.2, 0.25) is 0 Å². The van der Waals surface area contributed by atoms with Crippen molar-refractivity contribution in [1.29, 1.82) is 0 Å². The Hall–Kier alpha value is -7.33. The average molecular weight is 771 g/mol. The lowest BCUT2D eigenvalue weighted by atomic mass is 9.97. The number of hydrogen-bond donors (Lipinski definition) is 0. The van der Waals surface area contributed by atoms with Crippen LogP contribution in [0.4, 0.5) is 34.1 Å². The molecule has 0 saturated carbocycles. The van der Waals surface area contributed by atoms with Gasteiger partial charge in [-0.3, -0.25) is 0 Å². The normalized spacial score (nSPS) is 11.7. The van der Waals surface area contributed by atoms with Gasteiger partial charge in [-0.25, -0.2) is 0 Å². The third-order valence-electron chi connectivity index (χ3n) is 11.4. The minimum atomic E-state index is 1.10. The lowest BCUT2D eigenvalue weighted by Crippen LogP contribution is -2.10. The summed E-state index contributed by atoms with van der Waals surface area (Å²) < 4.78 is 0. The zero-order valence-electron chi connectivity index (χ0n) is 32.2. The second kappa shape index (κ2) is 14.9. The van der Waals surface area contributed by atoms with E-state index in [4.69, 9.17) is 0 Å². The molecule has 278 valence electrons. The van der Waals surface area contributed by atoms with E-state index in [0.717, 1.165) is 34.1 Å². The van der Waals surface area contributed by atoms with Crippen LogP contribution in [0.15, 0.2) is 240 Å². The van der Waals surface area contributed by atoms with Crippen molar-refractivity contribution in [2.45, 2.75) is 9.79 Å². The van der Waals surface area contributed by atoms with Gasteiger partial charge in [-0.2, -0.15) is 0 Å². The van der Waals surface area contributed by atoms with E-state index in [1.54, 1.807) is 0 Å². The predicted octanol–water partition coefficient (Wildman–Crippen LogP) is 16.4. The van der Waals surface area contributed by atoms with Crippen LogP contribution >= 0.6 is 11.8 Å². The molecule has 0 aliphatic carbocycles. The van der Waals surface area contributed by atoms with Gasteiger partial charge in [0.25, 0.3) is 0 Å². The maximum atomic E-state index is 2.38. The first kappa shape index (κ1) is 34.9. The van der Waals surface area contributed by atoms with Crippen LogP contribution in [-0.2, 0) is 0 Å². The summed E-state index contributed by atoms with van der Waals surface area (Å²) in [6, 6.07) is 83.5. The van der Waals surface area contributed by atoms with Crippen molar-refractivity contribution in [3.63, 3.8) is 0 Å². The molecule has 0 saturated heterocycles. The van der Waals surface area contributed by atoms with Crippen LogP contribution in [0.2, 0.25) is 0 Å². The summed E-state index contributed by atoms with van der Waals surface area (Å²) in [5.74, 6) is 0. The highest BCUT2D eigenvalue weighted by Crippen LogP contribution is 2.50. The van der Waals surface area contributed by atoms with Gasteiger partial charge in [0.1, 0.15) is 0 Å². The van der Waals surface area contributed by atoms with Crippen molar-refractivity contribution in [1.82, 2.24) is 0 Å². The number of anilines is 6. The monoisotopic (exact) mass is 770 g/mol. The summed E-state index contributed by atoms with van der Waals surface area (Å²) in [7, 11) is 0. The van der Waals surface area contributed by atoms with E-state index in [0.29, 0.717) is 0 Å². The van der Waals surface area contributed by atoms with Crippen molar-refractivity contribution in [2.75, 3.05) is 9.80 Å². The number of nitrogens with zero attached hydrogens (tertiary/aromatic N) is 2. The number of benzene rings is 10. The Balaban J connectivity index is 0.956. The molecular weight excluding hydrogens is 733 g/mol. The molecule has 0 bridgehead atoms. The van der Waals surface area contributed by atoms with Crippen LogP contribution in [-0.4, -0.2) is 0 Å². The minimum absolute atomic E-state index is 1.10. The molecule has 2 nitrogen and oxygen atoms in total. The Kier molecular flexibility index (Phi) is 8.79. The van der Waals surface area contributed by atoms with E-state index in [2.05, 4.69) is 240 Å². The molecule has 10 aromatic carbocycles. The number of rotatable bonds is 8. The van der Waals surface area contributed by atoms with Gasteiger partial charge in [0, 0.05) is 49.0 Å². The molecule has 0 amide bonds. The van der Waals surface area contributed by atoms with E-state index < -0.39 is 0 Å². The molecule has 0 aromatic heterocycles. The molecule has 0 N–H and O–H groups in total. The van der Waals surface area contributed by atoms with E-state index >= 15 is 0 Å². The van der Waals surface area contributed by atoms with Gasteiger partial charge in [-0.1, -0.05) is 169 Å². The Morgan fingerprint density at radius 1 is 0.288 bits per heavy atom. The first-order chi connectivity index (χ1) is 29.2. The Morgan fingerprint density at radius 3 is 1.46 bits per heavy atom. The largest absolute Gasteiger partial charge is 0.310 e. The summed E-state index contributed by atoms with van der Waals surface area (Å²) in [4.78, 5) is 7.31. The fraction of sp³-hybridized carbons (Fsp3) is 0. The average Bonchev–Trinajstić information content (AvgIpc) is 3.31. The lowest BCUT2D eigenvalue weighted by Gasteiger charge is -2.28. The van der Waals surface area contributed by atoms with Crippen LogP contribution in [0.25, 0.3) is 54.9 Å². The molecular formula is C56H38N2S. The fourth-order valence-corrected chi connectivity index (χ4v) is 9.77. The SMILES string of the molecule is c1ccc(-c2ccc(N(c3ccc(-c4ccc(N(c5ccccc5)c5cccc6ccccc56)cc4)cc3)c3ccc4c(c3)Sc3cccc5cccc-4c35)cc2)cc1. The Labute approximate surface area is 349 Å². The van der Waals surface area contributed by atoms with Gasteiger partial charge < -0.3 is 9.80 Å². The molecule has 0 radical (unpaired) electrons. The molecule has 10 aromatic rings. The number of para-hydroxylation sites is 1. The Bertz CT molecular complexity index is 3090. The van der Waals surface area contributed by atoms with E-state index in [-0.39, 0.29) is 0 Å². The van der Waals surface area contributed by atoms with E-state index in [1.807, 2.05) is 11.8 Å². The van der Waals surface area contributed by atoms with Crippen LogP contribution in [0, 0.1) is 0 Å². The summed E-state index contributed by atoms with van der Waals surface area (Å²) in [5.41, 5.74) is 14.1. The molecule has 0 atom stereocenters. The summed E-state index contributed by atoms with van der Waals surface area (Å²) in [6.07, 6.45) is 0. The van der Waals surface area contributed by atoms with Gasteiger partial charge >= 0.3 is 0 Å². The van der Waals surface area contributed by atoms with E-state index in [1.165, 1.54) is 64.7 Å². The van der Waals surface area contributed by atoms with Gasteiger partial charge in [-0.15, -0.1) is 0 Å².